The molecule has 444 valence electrons. The lowest BCUT2D eigenvalue weighted by molar-refractivity contribution is -0.167. The van der Waals surface area contributed by atoms with Crippen LogP contribution in [-0.2, 0) is 28.6 Å². The molecule has 0 bridgehead atoms. The van der Waals surface area contributed by atoms with Gasteiger partial charge in [-0.2, -0.15) is 0 Å². The first-order chi connectivity index (χ1) is 39.0. The Morgan fingerprint density at radius 3 is 0.797 bits per heavy atom. The quantitative estimate of drug-likeness (QED) is 0.0261. The van der Waals surface area contributed by atoms with Crippen molar-refractivity contribution in [3.63, 3.8) is 0 Å². The second-order valence-corrected chi connectivity index (χ2v) is 20.6. The van der Waals surface area contributed by atoms with E-state index >= 15 is 0 Å². The summed E-state index contributed by atoms with van der Waals surface area (Å²) in [5, 5.41) is 0. The maximum Gasteiger partial charge on any atom is 0.306 e. The van der Waals surface area contributed by atoms with E-state index in [2.05, 4.69) is 179 Å². The van der Waals surface area contributed by atoms with Gasteiger partial charge in [0.05, 0.1) is 0 Å². The molecule has 1 unspecified atom stereocenters. The number of unbranched alkanes of at least 4 members (excludes halogenated alkanes) is 19. The first-order valence-electron chi connectivity index (χ1n) is 32.0. The molecule has 0 aromatic heterocycles. The number of carbonyl (C=O) groups excluding carboxylic acids is 3. The number of allylic oxidation sites excluding steroid dienone is 26. The Labute approximate surface area is 486 Å². The lowest BCUT2D eigenvalue weighted by Gasteiger charge is -2.18. The van der Waals surface area contributed by atoms with E-state index in [1.54, 1.807) is 0 Å². The van der Waals surface area contributed by atoms with E-state index in [0.29, 0.717) is 25.7 Å². The van der Waals surface area contributed by atoms with E-state index in [9.17, 15) is 14.4 Å². The van der Waals surface area contributed by atoms with Crippen LogP contribution in [0.4, 0.5) is 0 Å². The van der Waals surface area contributed by atoms with Gasteiger partial charge in [0.2, 0.25) is 0 Å². The molecule has 0 amide bonds. The summed E-state index contributed by atoms with van der Waals surface area (Å²) in [5.41, 5.74) is 0. The van der Waals surface area contributed by atoms with Gasteiger partial charge in [-0.05, 0) is 128 Å². The van der Waals surface area contributed by atoms with Crippen LogP contribution in [0.1, 0.15) is 265 Å². The maximum absolute atomic E-state index is 12.9. The summed E-state index contributed by atoms with van der Waals surface area (Å²) < 4.78 is 16.8. The Morgan fingerprint density at radius 2 is 0.494 bits per heavy atom. The van der Waals surface area contributed by atoms with Crippen molar-refractivity contribution in [1.82, 2.24) is 0 Å². The van der Waals surface area contributed by atoms with Gasteiger partial charge in [-0.15, -0.1) is 0 Å². The average molecular weight is 1090 g/mol. The van der Waals surface area contributed by atoms with E-state index in [1.807, 2.05) is 0 Å². The highest BCUT2D eigenvalue weighted by atomic mass is 16.6. The molecular weight excluding hydrogens is 973 g/mol. The fourth-order valence-corrected chi connectivity index (χ4v) is 8.31. The number of ether oxygens (including phenoxy) is 3. The zero-order chi connectivity index (χ0) is 57.1. The van der Waals surface area contributed by atoms with Crippen molar-refractivity contribution >= 4 is 17.9 Å². The predicted octanol–water partition coefficient (Wildman–Crippen LogP) is 22.1. The van der Waals surface area contributed by atoms with Crippen LogP contribution in [0.5, 0.6) is 0 Å². The highest BCUT2D eigenvalue weighted by Crippen LogP contribution is 2.15. The van der Waals surface area contributed by atoms with Crippen LogP contribution in [0, 0.1) is 0 Å². The highest BCUT2D eigenvalue weighted by Gasteiger charge is 2.19. The minimum Gasteiger partial charge on any atom is -0.462 e. The van der Waals surface area contributed by atoms with Gasteiger partial charge in [-0.3, -0.25) is 14.4 Å². The number of esters is 3. The zero-order valence-corrected chi connectivity index (χ0v) is 50.8. The molecule has 0 fully saturated rings. The average Bonchev–Trinajstić information content (AvgIpc) is 3.45. The van der Waals surface area contributed by atoms with Crippen LogP contribution in [0.2, 0.25) is 0 Å². The smallest absolute Gasteiger partial charge is 0.306 e. The Kier molecular flexibility index (Phi) is 61.4. The molecule has 0 N–H and O–H groups in total. The van der Waals surface area contributed by atoms with E-state index in [1.165, 1.54) is 77.0 Å². The lowest BCUT2D eigenvalue weighted by Crippen LogP contribution is -2.30. The van der Waals surface area contributed by atoms with Crippen LogP contribution in [0.3, 0.4) is 0 Å². The second kappa shape index (κ2) is 65.5. The van der Waals surface area contributed by atoms with Gasteiger partial charge >= 0.3 is 17.9 Å². The van der Waals surface area contributed by atoms with Crippen molar-refractivity contribution in [2.24, 2.45) is 0 Å². The summed E-state index contributed by atoms with van der Waals surface area (Å²) >= 11 is 0. The summed E-state index contributed by atoms with van der Waals surface area (Å²) in [4.78, 5) is 38.2. The van der Waals surface area contributed by atoms with Crippen LogP contribution >= 0.6 is 0 Å². The monoisotopic (exact) mass is 1090 g/mol. The molecule has 79 heavy (non-hydrogen) atoms. The van der Waals surface area contributed by atoms with E-state index < -0.39 is 6.10 Å². The lowest BCUT2D eigenvalue weighted by atomic mass is 10.0. The number of hydrogen-bond donors (Lipinski definition) is 0. The van der Waals surface area contributed by atoms with Crippen molar-refractivity contribution in [3.8, 4) is 0 Å². The first kappa shape index (κ1) is 74.0. The summed E-state index contributed by atoms with van der Waals surface area (Å²) in [6, 6.07) is 0. The van der Waals surface area contributed by atoms with Crippen molar-refractivity contribution in [2.45, 2.75) is 271 Å². The van der Waals surface area contributed by atoms with Gasteiger partial charge in [0.25, 0.3) is 0 Å². The molecule has 0 radical (unpaired) electrons. The van der Waals surface area contributed by atoms with E-state index in [4.69, 9.17) is 14.2 Å². The molecule has 0 aliphatic rings. The van der Waals surface area contributed by atoms with Crippen LogP contribution in [0.15, 0.2) is 158 Å². The number of rotatable bonds is 56. The van der Waals surface area contributed by atoms with Gasteiger partial charge in [0.1, 0.15) is 13.2 Å². The normalized spacial score (nSPS) is 13.2. The second-order valence-electron chi connectivity index (χ2n) is 20.6. The maximum atomic E-state index is 12.9. The molecular formula is C73H116O6. The number of hydrogen-bond acceptors (Lipinski definition) is 6. The van der Waals surface area contributed by atoms with Crippen LogP contribution in [0.25, 0.3) is 0 Å². The minimum absolute atomic E-state index is 0.111. The van der Waals surface area contributed by atoms with Crippen LogP contribution < -0.4 is 0 Å². The van der Waals surface area contributed by atoms with Crippen molar-refractivity contribution in [2.75, 3.05) is 13.2 Å². The molecule has 0 spiro atoms. The molecule has 0 saturated heterocycles. The Hall–Kier alpha value is -4.97. The van der Waals surface area contributed by atoms with E-state index in [-0.39, 0.29) is 31.1 Å². The molecule has 0 saturated carbocycles. The fourth-order valence-electron chi connectivity index (χ4n) is 8.31. The molecule has 0 aliphatic carbocycles. The third kappa shape index (κ3) is 63.7. The summed E-state index contributed by atoms with van der Waals surface area (Å²) in [6.45, 7) is 6.35. The third-order valence-electron chi connectivity index (χ3n) is 13.0. The zero-order valence-electron chi connectivity index (χ0n) is 50.8. The molecule has 0 heterocycles. The van der Waals surface area contributed by atoms with Crippen molar-refractivity contribution in [1.29, 1.82) is 0 Å². The third-order valence-corrected chi connectivity index (χ3v) is 13.0. The topological polar surface area (TPSA) is 78.9 Å². The van der Waals surface area contributed by atoms with Gasteiger partial charge < -0.3 is 14.2 Å². The highest BCUT2D eigenvalue weighted by molar-refractivity contribution is 5.71. The summed E-state index contributed by atoms with van der Waals surface area (Å²) in [6.07, 6.45) is 95.4. The van der Waals surface area contributed by atoms with Gasteiger partial charge in [-0.1, -0.05) is 275 Å². The molecule has 0 rings (SSSR count). The standard InChI is InChI=1S/C73H116O6/c1-4-7-10-13-16-19-22-25-27-28-29-30-31-32-33-34-35-36-37-38-39-40-41-42-43-44-46-48-51-54-57-60-63-66-72(75)78-69-70(68-77-71(74)65-62-59-56-53-50-47-24-21-18-15-12-9-6-3)79-73(76)67-64-61-58-55-52-49-45-26-23-20-17-14-11-8-5-2/h7,9-10,12,16,18-19,21,25,27,29-30,32-33,35-36,38-39,41-42,44,46-47,50-51,54,70H,4-6,8,11,13-15,17,20,22-24,26,28,31,34,37,40,43,45,48-49,52-53,55-69H2,1-3H3/b10-7-,12-9-,19-16-,21-18-,27-25-,30-29-,33-32-,36-35-,39-38-,42-41-,46-44-,50-47-,54-51-. The van der Waals surface area contributed by atoms with Gasteiger partial charge in [0.15, 0.2) is 6.10 Å². The predicted molar refractivity (Wildman–Crippen MR) is 343 cm³/mol. The SMILES string of the molecule is CC/C=C\C/C=C\C/C=C\C/C=C\C/C=C\C/C=C\C/C=C\C/C=C\C/C=C\C/C=C\CCCCC(=O)OCC(COC(=O)CCCCC/C=C\C/C=C\C/C=C\CC)OC(=O)CCCCCCCCCCCCCCCCC. The van der Waals surface area contributed by atoms with E-state index in [0.717, 1.165) is 141 Å². The van der Waals surface area contributed by atoms with Gasteiger partial charge in [-0.25, -0.2) is 0 Å². The van der Waals surface area contributed by atoms with Crippen LogP contribution in [-0.4, -0.2) is 37.2 Å². The minimum atomic E-state index is -0.813. The molecule has 0 aromatic rings. The molecule has 0 aliphatic heterocycles. The Bertz CT molecular complexity index is 1780. The van der Waals surface area contributed by atoms with Crippen molar-refractivity contribution in [3.05, 3.63) is 158 Å². The van der Waals surface area contributed by atoms with Crippen molar-refractivity contribution < 1.29 is 28.6 Å². The molecule has 0 aromatic carbocycles. The first-order valence-corrected chi connectivity index (χ1v) is 32.0. The van der Waals surface area contributed by atoms with Gasteiger partial charge in [0, 0.05) is 19.3 Å². The molecule has 6 nitrogen and oxygen atoms in total. The Morgan fingerprint density at radius 1 is 0.266 bits per heavy atom. The molecule has 1 atom stereocenters. The summed E-state index contributed by atoms with van der Waals surface area (Å²) in [7, 11) is 0. The summed E-state index contributed by atoms with van der Waals surface area (Å²) in [5.74, 6) is -0.983. The Balaban J connectivity index is 4.39. The molecule has 6 heteroatoms. The fraction of sp³-hybridized carbons (Fsp3) is 0.603. The largest absolute Gasteiger partial charge is 0.462 e. The number of carbonyl (C=O) groups is 3.